The Morgan fingerprint density at radius 1 is 1.05 bits per heavy atom. The number of hydrogen-bond acceptors (Lipinski definition) is 3. The number of aliphatic imine (C=N–C) groups is 1. The average molecular weight is 316 g/mol. The number of nitrogens with one attached hydrogen (secondary N) is 2. The van der Waals surface area contributed by atoms with Gasteiger partial charge in [0.15, 0.2) is 5.96 Å². The number of guanidine groups is 1. The molecule has 0 aliphatic heterocycles. The molecular weight excluding hydrogens is 278 g/mol. The van der Waals surface area contributed by atoms with Crippen LogP contribution in [-0.4, -0.2) is 52.0 Å². The monoisotopic (exact) mass is 315 g/mol. The van der Waals surface area contributed by atoms with Crippen molar-refractivity contribution < 1.29 is 9.47 Å². The summed E-state index contributed by atoms with van der Waals surface area (Å²) in [5.74, 6) is 1.39. The molecule has 1 unspecified atom stereocenters. The van der Waals surface area contributed by atoms with E-state index in [9.17, 15) is 0 Å². The SMILES string of the molecule is CCCCOCCCNC(=NC)NCCC(OCC)C(C)C. The van der Waals surface area contributed by atoms with Crippen molar-refractivity contribution >= 4 is 5.96 Å². The van der Waals surface area contributed by atoms with Gasteiger partial charge in [-0.3, -0.25) is 4.99 Å². The van der Waals surface area contributed by atoms with E-state index in [0.717, 1.165) is 58.1 Å². The number of ether oxygens (including phenoxy) is 2. The molecule has 0 saturated carbocycles. The molecule has 0 radical (unpaired) electrons. The van der Waals surface area contributed by atoms with Gasteiger partial charge in [0.05, 0.1) is 6.10 Å². The summed E-state index contributed by atoms with van der Waals surface area (Å²) in [6.07, 6.45) is 4.63. The second-order valence-electron chi connectivity index (χ2n) is 5.77. The topological polar surface area (TPSA) is 54.9 Å². The molecule has 0 aromatic heterocycles. The Bertz CT molecular complexity index is 271. The van der Waals surface area contributed by atoms with Crippen LogP contribution in [-0.2, 0) is 9.47 Å². The van der Waals surface area contributed by atoms with Gasteiger partial charge in [0, 0.05) is 40.0 Å². The van der Waals surface area contributed by atoms with E-state index < -0.39 is 0 Å². The quantitative estimate of drug-likeness (QED) is 0.312. The van der Waals surface area contributed by atoms with Crippen LogP contribution in [0.4, 0.5) is 0 Å². The summed E-state index contributed by atoms with van der Waals surface area (Å²) >= 11 is 0. The molecule has 0 aliphatic rings. The molecule has 0 aliphatic carbocycles. The van der Waals surface area contributed by atoms with Gasteiger partial charge < -0.3 is 20.1 Å². The molecule has 0 bridgehead atoms. The second kappa shape index (κ2) is 15.1. The van der Waals surface area contributed by atoms with E-state index in [1.807, 2.05) is 6.92 Å². The first-order valence-electron chi connectivity index (χ1n) is 8.79. The Kier molecular flexibility index (Phi) is 14.5. The van der Waals surface area contributed by atoms with E-state index in [2.05, 4.69) is 36.4 Å². The van der Waals surface area contributed by atoms with E-state index in [1.165, 1.54) is 6.42 Å². The highest BCUT2D eigenvalue weighted by Crippen LogP contribution is 2.09. The smallest absolute Gasteiger partial charge is 0.190 e. The fourth-order valence-electron chi connectivity index (χ4n) is 2.11. The largest absolute Gasteiger partial charge is 0.381 e. The van der Waals surface area contributed by atoms with Gasteiger partial charge in [-0.1, -0.05) is 27.2 Å². The summed E-state index contributed by atoms with van der Waals surface area (Å²) in [4.78, 5) is 4.24. The Morgan fingerprint density at radius 2 is 1.73 bits per heavy atom. The number of rotatable bonds is 13. The lowest BCUT2D eigenvalue weighted by Gasteiger charge is -2.21. The molecule has 0 spiro atoms. The lowest BCUT2D eigenvalue weighted by molar-refractivity contribution is 0.0258. The third kappa shape index (κ3) is 11.8. The highest BCUT2D eigenvalue weighted by Gasteiger charge is 2.12. The van der Waals surface area contributed by atoms with Crippen LogP contribution in [0, 0.1) is 5.92 Å². The highest BCUT2D eigenvalue weighted by atomic mass is 16.5. The predicted molar refractivity (Wildman–Crippen MR) is 94.6 cm³/mol. The zero-order valence-corrected chi connectivity index (χ0v) is 15.3. The molecule has 5 nitrogen and oxygen atoms in total. The standard InChI is InChI=1S/C17H37N3O2/c1-6-8-13-21-14-9-11-19-17(18-5)20-12-10-16(15(3)4)22-7-2/h15-16H,6-14H2,1-5H3,(H2,18,19,20). The molecule has 5 heteroatoms. The van der Waals surface area contributed by atoms with E-state index >= 15 is 0 Å². The lowest BCUT2D eigenvalue weighted by atomic mass is 10.0. The first kappa shape index (κ1) is 21.2. The number of hydrogen-bond donors (Lipinski definition) is 2. The molecule has 0 fully saturated rings. The van der Waals surface area contributed by atoms with Crippen LogP contribution in [0.25, 0.3) is 0 Å². The molecule has 0 rings (SSSR count). The minimum Gasteiger partial charge on any atom is -0.381 e. The number of nitrogens with zero attached hydrogens (tertiary/aromatic N) is 1. The van der Waals surface area contributed by atoms with E-state index in [0.29, 0.717) is 12.0 Å². The summed E-state index contributed by atoms with van der Waals surface area (Å²) in [6.45, 7) is 12.8. The van der Waals surface area contributed by atoms with E-state index in [-0.39, 0.29) is 0 Å². The van der Waals surface area contributed by atoms with Gasteiger partial charge in [0.25, 0.3) is 0 Å². The summed E-state index contributed by atoms with van der Waals surface area (Å²) in [6, 6.07) is 0. The van der Waals surface area contributed by atoms with Crippen LogP contribution in [0.2, 0.25) is 0 Å². The Labute approximate surface area is 137 Å². The third-order valence-electron chi connectivity index (χ3n) is 3.47. The second-order valence-corrected chi connectivity index (χ2v) is 5.77. The van der Waals surface area contributed by atoms with Crippen molar-refractivity contribution in [3.05, 3.63) is 0 Å². The van der Waals surface area contributed by atoms with Crippen LogP contribution in [0.1, 0.15) is 53.4 Å². The third-order valence-corrected chi connectivity index (χ3v) is 3.47. The molecular formula is C17H37N3O2. The molecule has 0 aromatic rings. The summed E-state index contributed by atoms with van der Waals surface area (Å²) in [7, 11) is 1.80. The highest BCUT2D eigenvalue weighted by molar-refractivity contribution is 5.79. The van der Waals surface area contributed by atoms with Gasteiger partial charge in [-0.15, -0.1) is 0 Å². The maximum absolute atomic E-state index is 5.75. The van der Waals surface area contributed by atoms with Gasteiger partial charge in [-0.2, -0.15) is 0 Å². The van der Waals surface area contributed by atoms with Crippen LogP contribution in [0.5, 0.6) is 0 Å². The van der Waals surface area contributed by atoms with Gasteiger partial charge in [0.1, 0.15) is 0 Å². The zero-order chi connectivity index (χ0) is 16.6. The molecule has 0 saturated heterocycles. The lowest BCUT2D eigenvalue weighted by Crippen LogP contribution is -2.39. The Morgan fingerprint density at radius 3 is 2.32 bits per heavy atom. The fraction of sp³-hybridized carbons (Fsp3) is 0.941. The molecule has 0 amide bonds. The van der Waals surface area contributed by atoms with Crippen molar-refractivity contribution in [2.24, 2.45) is 10.9 Å². The van der Waals surface area contributed by atoms with Crippen molar-refractivity contribution in [3.63, 3.8) is 0 Å². The van der Waals surface area contributed by atoms with Crippen LogP contribution in [0.3, 0.4) is 0 Å². The Hall–Kier alpha value is -0.810. The van der Waals surface area contributed by atoms with Crippen molar-refractivity contribution in [1.29, 1.82) is 0 Å². The maximum atomic E-state index is 5.75. The Balaban J connectivity index is 3.70. The van der Waals surface area contributed by atoms with Crippen molar-refractivity contribution in [3.8, 4) is 0 Å². The van der Waals surface area contributed by atoms with Gasteiger partial charge in [-0.25, -0.2) is 0 Å². The van der Waals surface area contributed by atoms with Crippen molar-refractivity contribution in [2.45, 2.75) is 59.5 Å². The first-order chi connectivity index (χ1) is 10.7. The first-order valence-corrected chi connectivity index (χ1v) is 8.79. The van der Waals surface area contributed by atoms with E-state index in [1.54, 1.807) is 7.05 Å². The maximum Gasteiger partial charge on any atom is 0.190 e. The van der Waals surface area contributed by atoms with Crippen LogP contribution < -0.4 is 10.6 Å². The van der Waals surface area contributed by atoms with Crippen molar-refractivity contribution in [1.82, 2.24) is 10.6 Å². The van der Waals surface area contributed by atoms with Gasteiger partial charge in [-0.05, 0) is 32.1 Å². The fourth-order valence-corrected chi connectivity index (χ4v) is 2.11. The normalized spacial score (nSPS) is 13.5. The molecule has 2 N–H and O–H groups in total. The van der Waals surface area contributed by atoms with Crippen molar-refractivity contribution in [2.75, 3.05) is 40.0 Å². The molecule has 0 aromatic carbocycles. The predicted octanol–water partition coefficient (Wildman–Crippen LogP) is 2.81. The van der Waals surface area contributed by atoms with Gasteiger partial charge >= 0.3 is 0 Å². The van der Waals surface area contributed by atoms with Crippen LogP contribution in [0.15, 0.2) is 4.99 Å². The summed E-state index contributed by atoms with van der Waals surface area (Å²) < 4.78 is 11.3. The summed E-state index contributed by atoms with van der Waals surface area (Å²) in [5.41, 5.74) is 0. The van der Waals surface area contributed by atoms with Gasteiger partial charge in [0.2, 0.25) is 0 Å². The minimum atomic E-state index is 0.308. The molecule has 132 valence electrons. The zero-order valence-electron chi connectivity index (χ0n) is 15.3. The number of unbranched alkanes of at least 4 members (excludes halogenated alkanes) is 1. The van der Waals surface area contributed by atoms with Crippen LogP contribution >= 0.6 is 0 Å². The minimum absolute atomic E-state index is 0.308. The average Bonchev–Trinajstić information content (AvgIpc) is 2.51. The molecule has 0 heterocycles. The molecule has 22 heavy (non-hydrogen) atoms. The molecule has 1 atom stereocenters. The van der Waals surface area contributed by atoms with E-state index in [4.69, 9.17) is 9.47 Å². The summed E-state index contributed by atoms with van der Waals surface area (Å²) in [5, 5.41) is 6.66.